The summed E-state index contributed by atoms with van der Waals surface area (Å²) in [5.41, 5.74) is 3.14. The zero-order chi connectivity index (χ0) is 20.6. The number of nitrogens with zero attached hydrogens (tertiary/aromatic N) is 4. The van der Waals surface area contributed by atoms with E-state index in [1.165, 1.54) is 0 Å². The van der Waals surface area contributed by atoms with Crippen molar-refractivity contribution < 1.29 is 9.84 Å². The third kappa shape index (κ3) is 5.27. The Morgan fingerprint density at radius 2 is 1.47 bits per heavy atom. The maximum atomic E-state index is 9.07. The second kappa shape index (κ2) is 10.4. The lowest BCUT2D eigenvalue weighted by Gasteiger charge is -2.34. The number of piperazine rings is 1. The highest BCUT2D eigenvalue weighted by atomic mass is 16.5. The number of rotatable bonds is 9. The van der Waals surface area contributed by atoms with Gasteiger partial charge in [-0.1, -0.05) is 48.5 Å². The lowest BCUT2D eigenvalue weighted by Crippen LogP contribution is -2.47. The van der Waals surface area contributed by atoms with Gasteiger partial charge in [-0.25, -0.2) is 4.68 Å². The van der Waals surface area contributed by atoms with E-state index in [0.29, 0.717) is 12.5 Å². The van der Waals surface area contributed by atoms with Gasteiger partial charge in [0.1, 0.15) is 0 Å². The average Bonchev–Trinajstić information content (AvgIpc) is 3.23. The molecule has 6 heteroatoms. The summed E-state index contributed by atoms with van der Waals surface area (Å²) < 4.78 is 8.03. The van der Waals surface area contributed by atoms with Gasteiger partial charge in [-0.2, -0.15) is 0 Å². The molecule has 1 aromatic heterocycles. The van der Waals surface area contributed by atoms with E-state index in [-0.39, 0.29) is 6.61 Å². The van der Waals surface area contributed by atoms with E-state index in [2.05, 4.69) is 21.9 Å². The van der Waals surface area contributed by atoms with Crippen molar-refractivity contribution in [2.75, 3.05) is 52.5 Å². The minimum atomic E-state index is 0.243. The Kier molecular flexibility index (Phi) is 7.13. The number of para-hydroxylation sites is 1. The molecule has 0 unspecified atom stereocenters. The quantitative estimate of drug-likeness (QED) is 0.554. The molecule has 1 saturated heterocycles. The monoisotopic (exact) mass is 406 g/mol. The molecule has 1 aliphatic heterocycles. The molecule has 2 aromatic carbocycles. The Labute approximate surface area is 178 Å². The highest BCUT2D eigenvalue weighted by molar-refractivity contribution is 5.68. The first-order valence-electron chi connectivity index (χ1n) is 10.7. The molecule has 1 N–H and O–H groups in total. The standard InChI is InChI=1S/C24H30N4O2/c29-18-17-27-15-13-26(14-16-27)12-7-19-30-24-23(21-8-3-1-4-9-21)20-28(25-24)22-10-5-2-6-11-22/h1-6,8-11,20,29H,7,12-19H2. The van der Waals surface area contributed by atoms with Crippen molar-refractivity contribution in [3.8, 4) is 22.7 Å². The SMILES string of the molecule is OCCN1CCN(CCCOc2nn(-c3ccccc3)cc2-c2ccccc2)CC1. The molecule has 0 saturated carbocycles. The van der Waals surface area contributed by atoms with Crippen LogP contribution in [0.4, 0.5) is 0 Å². The summed E-state index contributed by atoms with van der Waals surface area (Å²) in [4.78, 5) is 4.78. The Morgan fingerprint density at radius 1 is 0.833 bits per heavy atom. The maximum Gasteiger partial charge on any atom is 0.241 e. The van der Waals surface area contributed by atoms with E-state index in [4.69, 9.17) is 14.9 Å². The van der Waals surface area contributed by atoms with E-state index in [1.54, 1.807) is 0 Å². The summed E-state index contributed by atoms with van der Waals surface area (Å²) in [6.07, 6.45) is 3.01. The zero-order valence-electron chi connectivity index (χ0n) is 17.4. The van der Waals surface area contributed by atoms with E-state index in [9.17, 15) is 0 Å². The Hall–Kier alpha value is -2.67. The van der Waals surface area contributed by atoms with Gasteiger partial charge in [-0.3, -0.25) is 4.90 Å². The van der Waals surface area contributed by atoms with Crippen LogP contribution in [0.1, 0.15) is 6.42 Å². The summed E-state index contributed by atoms with van der Waals surface area (Å²) in [7, 11) is 0. The van der Waals surface area contributed by atoms with Crippen molar-refractivity contribution in [1.82, 2.24) is 19.6 Å². The van der Waals surface area contributed by atoms with Crippen LogP contribution in [-0.4, -0.2) is 77.2 Å². The number of ether oxygens (including phenoxy) is 1. The maximum absolute atomic E-state index is 9.07. The van der Waals surface area contributed by atoms with Gasteiger partial charge in [-0.05, 0) is 24.1 Å². The Bertz CT molecular complexity index is 890. The molecular weight excluding hydrogens is 376 g/mol. The van der Waals surface area contributed by atoms with Crippen LogP contribution in [0.2, 0.25) is 0 Å². The highest BCUT2D eigenvalue weighted by Crippen LogP contribution is 2.30. The second-order valence-electron chi connectivity index (χ2n) is 7.60. The smallest absolute Gasteiger partial charge is 0.241 e. The third-order valence-corrected chi connectivity index (χ3v) is 5.52. The van der Waals surface area contributed by atoms with Crippen molar-refractivity contribution in [2.24, 2.45) is 0 Å². The van der Waals surface area contributed by atoms with Crippen LogP contribution in [0.15, 0.2) is 66.9 Å². The molecule has 6 nitrogen and oxygen atoms in total. The molecule has 4 rings (SSSR count). The Morgan fingerprint density at radius 3 is 2.13 bits per heavy atom. The third-order valence-electron chi connectivity index (χ3n) is 5.52. The first kappa shape index (κ1) is 20.6. The number of hydrogen-bond acceptors (Lipinski definition) is 5. The normalized spacial score (nSPS) is 15.4. The summed E-state index contributed by atoms with van der Waals surface area (Å²) in [6, 6.07) is 20.4. The number of aliphatic hydroxyl groups excluding tert-OH is 1. The predicted molar refractivity (Wildman–Crippen MR) is 119 cm³/mol. The molecule has 158 valence electrons. The number of hydrogen-bond donors (Lipinski definition) is 1. The number of aromatic nitrogens is 2. The van der Waals surface area contributed by atoms with Crippen molar-refractivity contribution >= 4 is 0 Å². The fourth-order valence-electron chi connectivity index (χ4n) is 3.83. The summed E-state index contributed by atoms with van der Waals surface area (Å²) in [6.45, 7) is 6.85. The van der Waals surface area contributed by atoms with Gasteiger partial charge >= 0.3 is 0 Å². The molecular formula is C24H30N4O2. The summed E-state index contributed by atoms with van der Waals surface area (Å²) >= 11 is 0. The van der Waals surface area contributed by atoms with Crippen molar-refractivity contribution in [3.05, 3.63) is 66.9 Å². The highest BCUT2D eigenvalue weighted by Gasteiger charge is 2.17. The molecule has 1 fully saturated rings. The molecule has 2 heterocycles. The minimum absolute atomic E-state index is 0.243. The Balaban J connectivity index is 1.37. The van der Waals surface area contributed by atoms with E-state index < -0.39 is 0 Å². The van der Waals surface area contributed by atoms with Crippen LogP contribution in [-0.2, 0) is 0 Å². The van der Waals surface area contributed by atoms with Crippen molar-refractivity contribution in [1.29, 1.82) is 0 Å². The molecule has 0 bridgehead atoms. The molecule has 30 heavy (non-hydrogen) atoms. The number of aliphatic hydroxyl groups is 1. The summed E-state index contributed by atoms with van der Waals surface area (Å²) in [5.74, 6) is 0.679. The lowest BCUT2D eigenvalue weighted by molar-refractivity contribution is 0.108. The molecule has 0 aliphatic carbocycles. The average molecular weight is 407 g/mol. The summed E-state index contributed by atoms with van der Waals surface area (Å²) in [5, 5.41) is 13.8. The van der Waals surface area contributed by atoms with Crippen LogP contribution >= 0.6 is 0 Å². The number of β-amino-alcohol motifs (C(OH)–C–C–N with tert-alkyl or cyclic N) is 1. The molecule has 3 aromatic rings. The number of benzene rings is 2. The molecule has 0 atom stereocenters. The van der Waals surface area contributed by atoms with Crippen LogP contribution < -0.4 is 4.74 Å². The first-order chi connectivity index (χ1) is 14.8. The van der Waals surface area contributed by atoms with Crippen LogP contribution in [0, 0.1) is 0 Å². The van der Waals surface area contributed by atoms with Gasteiger partial charge in [0.2, 0.25) is 5.88 Å². The first-order valence-corrected chi connectivity index (χ1v) is 10.7. The second-order valence-corrected chi connectivity index (χ2v) is 7.60. The molecule has 1 aliphatic rings. The van der Waals surface area contributed by atoms with E-state index >= 15 is 0 Å². The van der Waals surface area contributed by atoms with Crippen LogP contribution in [0.25, 0.3) is 16.8 Å². The molecule has 0 amide bonds. The fourth-order valence-corrected chi connectivity index (χ4v) is 3.83. The van der Waals surface area contributed by atoms with E-state index in [0.717, 1.165) is 62.5 Å². The fraction of sp³-hybridized carbons (Fsp3) is 0.375. The van der Waals surface area contributed by atoms with Gasteiger partial charge in [-0.15, -0.1) is 5.10 Å². The van der Waals surface area contributed by atoms with Gasteiger partial charge < -0.3 is 14.7 Å². The van der Waals surface area contributed by atoms with Crippen LogP contribution in [0.3, 0.4) is 0 Å². The van der Waals surface area contributed by atoms with E-state index in [1.807, 2.05) is 59.4 Å². The minimum Gasteiger partial charge on any atom is -0.476 e. The molecule has 0 radical (unpaired) electrons. The van der Waals surface area contributed by atoms with Crippen molar-refractivity contribution in [3.63, 3.8) is 0 Å². The predicted octanol–water partition coefficient (Wildman–Crippen LogP) is 2.92. The van der Waals surface area contributed by atoms with Gasteiger partial charge in [0, 0.05) is 45.5 Å². The van der Waals surface area contributed by atoms with Gasteiger partial charge in [0.25, 0.3) is 0 Å². The van der Waals surface area contributed by atoms with Crippen molar-refractivity contribution in [2.45, 2.75) is 6.42 Å². The van der Waals surface area contributed by atoms with Gasteiger partial charge in [0.05, 0.1) is 24.5 Å². The zero-order valence-corrected chi connectivity index (χ0v) is 17.4. The largest absolute Gasteiger partial charge is 0.476 e. The topological polar surface area (TPSA) is 53.8 Å². The lowest BCUT2D eigenvalue weighted by atomic mass is 10.1. The molecule has 0 spiro atoms. The van der Waals surface area contributed by atoms with Gasteiger partial charge in [0.15, 0.2) is 0 Å². The van der Waals surface area contributed by atoms with Crippen LogP contribution in [0.5, 0.6) is 5.88 Å².